The van der Waals surface area contributed by atoms with E-state index in [0.29, 0.717) is 11.3 Å². The van der Waals surface area contributed by atoms with E-state index in [1.54, 1.807) is 54.6 Å². The Labute approximate surface area is 125 Å². The summed E-state index contributed by atoms with van der Waals surface area (Å²) >= 11 is 0. The number of carbonyl (C=O) groups excluding carboxylic acids is 2. The van der Waals surface area contributed by atoms with Crippen LogP contribution in [0.4, 0.5) is 5.69 Å². The molecule has 0 fully saturated rings. The largest absolute Gasteiger partial charge is 0.325 e. The number of para-hydroxylation sites is 1. The highest BCUT2D eigenvalue weighted by Crippen LogP contribution is 2.05. The standard InChI is InChI=1S/C16H15NO3S/c18-15(13-7-3-1-4-8-13)11-21(20)12-16(19)17-14-9-5-2-6-10-14/h1-10H,11-12H2,(H,17,19)/t21-/m1/s1. The lowest BCUT2D eigenvalue weighted by Gasteiger charge is -2.05. The molecule has 108 valence electrons. The lowest BCUT2D eigenvalue weighted by Crippen LogP contribution is -2.23. The van der Waals surface area contributed by atoms with Gasteiger partial charge in [-0.15, -0.1) is 0 Å². The van der Waals surface area contributed by atoms with Crippen LogP contribution in [0.5, 0.6) is 0 Å². The Kier molecular flexibility index (Phi) is 5.40. The molecule has 4 nitrogen and oxygen atoms in total. The van der Waals surface area contributed by atoms with Gasteiger partial charge in [0.05, 0.1) is 5.75 Å². The van der Waals surface area contributed by atoms with Gasteiger partial charge in [0.15, 0.2) is 5.78 Å². The van der Waals surface area contributed by atoms with Crippen molar-refractivity contribution in [3.8, 4) is 0 Å². The molecule has 2 aromatic rings. The summed E-state index contributed by atoms with van der Waals surface area (Å²) in [5, 5.41) is 2.64. The molecule has 0 aliphatic rings. The molecule has 0 saturated heterocycles. The Bertz CT molecular complexity index is 641. The van der Waals surface area contributed by atoms with Gasteiger partial charge in [0.2, 0.25) is 5.91 Å². The normalized spacial score (nSPS) is 11.6. The molecule has 1 N–H and O–H groups in total. The summed E-state index contributed by atoms with van der Waals surface area (Å²) in [6.07, 6.45) is 0. The maximum absolute atomic E-state index is 11.9. The average Bonchev–Trinajstić information content (AvgIpc) is 2.48. The second kappa shape index (κ2) is 7.50. The van der Waals surface area contributed by atoms with E-state index in [1.807, 2.05) is 6.07 Å². The van der Waals surface area contributed by atoms with Crippen molar-refractivity contribution < 1.29 is 13.8 Å². The number of anilines is 1. The lowest BCUT2D eigenvalue weighted by molar-refractivity contribution is -0.113. The van der Waals surface area contributed by atoms with Gasteiger partial charge < -0.3 is 5.32 Å². The molecule has 0 heterocycles. The maximum atomic E-state index is 11.9. The Morgan fingerprint density at radius 2 is 1.43 bits per heavy atom. The van der Waals surface area contributed by atoms with E-state index >= 15 is 0 Å². The van der Waals surface area contributed by atoms with E-state index in [0.717, 1.165) is 0 Å². The predicted octanol–water partition coefficient (Wildman–Crippen LogP) is 2.26. The van der Waals surface area contributed by atoms with Crippen LogP contribution < -0.4 is 5.32 Å². The highest BCUT2D eigenvalue weighted by molar-refractivity contribution is 7.86. The van der Waals surface area contributed by atoms with Crippen LogP contribution in [0.3, 0.4) is 0 Å². The van der Waals surface area contributed by atoms with Crippen LogP contribution in [-0.2, 0) is 15.6 Å². The highest BCUT2D eigenvalue weighted by atomic mass is 32.2. The van der Waals surface area contributed by atoms with Gasteiger partial charge in [-0.1, -0.05) is 48.5 Å². The van der Waals surface area contributed by atoms with E-state index in [4.69, 9.17) is 0 Å². The van der Waals surface area contributed by atoms with Crippen LogP contribution in [0.15, 0.2) is 60.7 Å². The maximum Gasteiger partial charge on any atom is 0.237 e. The van der Waals surface area contributed by atoms with E-state index in [1.165, 1.54) is 0 Å². The van der Waals surface area contributed by atoms with Crippen molar-refractivity contribution in [3.05, 3.63) is 66.2 Å². The van der Waals surface area contributed by atoms with Crippen molar-refractivity contribution in [2.24, 2.45) is 0 Å². The first-order valence-corrected chi connectivity index (χ1v) is 7.92. The number of ketones is 1. The number of nitrogens with one attached hydrogen (secondary N) is 1. The Morgan fingerprint density at radius 1 is 0.857 bits per heavy atom. The Morgan fingerprint density at radius 3 is 2.05 bits per heavy atom. The fourth-order valence-electron chi connectivity index (χ4n) is 1.77. The first kappa shape index (κ1) is 15.1. The highest BCUT2D eigenvalue weighted by Gasteiger charge is 2.13. The van der Waals surface area contributed by atoms with E-state index in [9.17, 15) is 13.8 Å². The molecule has 21 heavy (non-hydrogen) atoms. The molecule has 0 saturated carbocycles. The van der Waals surface area contributed by atoms with Crippen molar-refractivity contribution >= 4 is 28.2 Å². The minimum Gasteiger partial charge on any atom is -0.325 e. The molecule has 0 aliphatic carbocycles. The second-order valence-corrected chi connectivity index (χ2v) is 5.89. The molecule has 0 spiro atoms. The third-order valence-electron chi connectivity index (χ3n) is 2.74. The van der Waals surface area contributed by atoms with Crippen molar-refractivity contribution in [3.63, 3.8) is 0 Å². The molecular formula is C16H15NO3S. The van der Waals surface area contributed by atoms with Gasteiger partial charge in [0.25, 0.3) is 0 Å². The molecule has 0 bridgehead atoms. The molecule has 2 rings (SSSR count). The average molecular weight is 301 g/mol. The van der Waals surface area contributed by atoms with Gasteiger partial charge in [0.1, 0.15) is 5.75 Å². The smallest absolute Gasteiger partial charge is 0.237 e. The molecule has 0 aromatic heterocycles. The third kappa shape index (κ3) is 4.96. The summed E-state index contributed by atoms with van der Waals surface area (Å²) in [5.41, 5.74) is 1.16. The van der Waals surface area contributed by atoms with Gasteiger partial charge in [-0.3, -0.25) is 13.8 Å². The Hall–Kier alpha value is -2.27. The molecule has 0 radical (unpaired) electrons. The van der Waals surface area contributed by atoms with Gasteiger partial charge >= 0.3 is 0 Å². The van der Waals surface area contributed by atoms with Crippen molar-refractivity contribution in [1.82, 2.24) is 0 Å². The van der Waals surface area contributed by atoms with Gasteiger partial charge in [0, 0.05) is 22.1 Å². The van der Waals surface area contributed by atoms with Crippen molar-refractivity contribution in [2.75, 3.05) is 16.8 Å². The number of benzene rings is 2. The number of amides is 1. The van der Waals surface area contributed by atoms with Gasteiger partial charge in [-0.25, -0.2) is 0 Å². The summed E-state index contributed by atoms with van der Waals surface area (Å²) in [4.78, 5) is 23.6. The number of hydrogen-bond acceptors (Lipinski definition) is 3. The third-order valence-corrected chi connectivity index (χ3v) is 3.91. The Balaban J connectivity index is 1.84. The molecule has 2 aromatic carbocycles. The number of hydrogen-bond donors (Lipinski definition) is 1. The summed E-state index contributed by atoms with van der Waals surface area (Å²) in [6.45, 7) is 0. The topological polar surface area (TPSA) is 63.2 Å². The fraction of sp³-hybridized carbons (Fsp3) is 0.125. The first-order valence-electron chi connectivity index (χ1n) is 6.43. The van der Waals surface area contributed by atoms with Crippen LogP contribution in [0.1, 0.15) is 10.4 Å². The zero-order valence-electron chi connectivity index (χ0n) is 11.3. The van der Waals surface area contributed by atoms with Crippen molar-refractivity contribution in [1.29, 1.82) is 0 Å². The summed E-state index contributed by atoms with van der Waals surface area (Å²) < 4.78 is 11.9. The van der Waals surface area contributed by atoms with Crippen LogP contribution in [0.25, 0.3) is 0 Å². The minimum absolute atomic E-state index is 0.147. The SMILES string of the molecule is O=C(C[S@](=O)CC(=O)c1ccccc1)Nc1ccccc1. The summed E-state index contributed by atoms with van der Waals surface area (Å²) in [7, 11) is -1.52. The molecule has 5 heteroatoms. The van der Waals surface area contributed by atoms with Crippen LogP contribution in [-0.4, -0.2) is 27.4 Å². The predicted molar refractivity (Wildman–Crippen MR) is 83.7 cm³/mol. The molecule has 1 amide bonds. The first-order chi connectivity index (χ1) is 10.1. The van der Waals surface area contributed by atoms with Crippen LogP contribution in [0, 0.1) is 0 Å². The second-order valence-electron chi connectivity index (χ2n) is 4.43. The molecular weight excluding hydrogens is 286 g/mol. The zero-order valence-corrected chi connectivity index (χ0v) is 12.1. The van der Waals surface area contributed by atoms with E-state index in [2.05, 4.69) is 5.32 Å². The zero-order chi connectivity index (χ0) is 15.1. The molecule has 1 atom stereocenters. The minimum atomic E-state index is -1.52. The van der Waals surface area contributed by atoms with Gasteiger partial charge in [-0.05, 0) is 12.1 Å². The number of rotatable bonds is 6. The molecule has 0 unspecified atom stereocenters. The van der Waals surface area contributed by atoms with Crippen LogP contribution in [0.2, 0.25) is 0 Å². The molecule has 0 aliphatic heterocycles. The fourth-order valence-corrected chi connectivity index (χ4v) is 2.70. The number of carbonyl (C=O) groups is 2. The monoisotopic (exact) mass is 301 g/mol. The summed E-state index contributed by atoms with van der Waals surface area (Å²) in [6, 6.07) is 17.6. The van der Waals surface area contributed by atoms with E-state index < -0.39 is 10.8 Å². The quantitative estimate of drug-likeness (QED) is 0.832. The van der Waals surface area contributed by atoms with Crippen LogP contribution >= 0.6 is 0 Å². The number of Topliss-reactive ketones (excluding diaryl/α,β-unsaturated/α-hetero) is 1. The lowest BCUT2D eigenvalue weighted by atomic mass is 10.2. The van der Waals surface area contributed by atoms with Crippen molar-refractivity contribution in [2.45, 2.75) is 0 Å². The summed E-state index contributed by atoms with van der Waals surface area (Å²) in [5.74, 6) is -0.915. The van der Waals surface area contributed by atoms with Gasteiger partial charge in [-0.2, -0.15) is 0 Å². The van der Waals surface area contributed by atoms with E-state index in [-0.39, 0.29) is 23.2 Å².